The van der Waals surface area contributed by atoms with Gasteiger partial charge in [0.1, 0.15) is 0 Å². The number of piperidine rings is 1. The number of likely N-dealkylation sites (tertiary alicyclic amines) is 1. The summed E-state index contributed by atoms with van der Waals surface area (Å²) in [6.45, 7) is 9.28. The van der Waals surface area contributed by atoms with E-state index in [1.807, 2.05) is 4.90 Å². The average Bonchev–Trinajstić information content (AvgIpc) is 2.27. The number of amides is 1. The van der Waals surface area contributed by atoms with Crippen LogP contribution in [0.4, 0.5) is 0 Å². The Balaban J connectivity index is 2.61. The van der Waals surface area contributed by atoms with Crippen LogP contribution in [0.25, 0.3) is 0 Å². The smallest absolute Gasteiger partial charge is 0.222 e. The highest BCUT2D eigenvalue weighted by atomic mass is 16.2. The fourth-order valence-electron chi connectivity index (χ4n) is 1.92. The van der Waals surface area contributed by atoms with Crippen LogP contribution in [-0.2, 0) is 4.79 Å². The van der Waals surface area contributed by atoms with E-state index in [9.17, 15) is 4.79 Å². The van der Waals surface area contributed by atoms with Gasteiger partial charge < -0.3 is 4.90 Å². The molecule has 0 aromatic rings. The first-order valence-electron chi connectivity index (χ1n) is 6.35. The van der Waals surface area contributed by atoms with Crippen molar-refractivity contribution >= 4 is 5.91 Å². The molecule has 0 spiro atoms. The zero-order valence-corrected chi connectivity index (χ0v) is 10.9. The maximum absolute atomic E-state index is 11.8. The lowest BCUT2D eigenvalue weighted by Gasteiger charge is -2.34. The molecule has 90 valence electrons. The van der Waals surface area contributed by atoms with E-state index in [0.29, 0.717) is 30.2 Å². The molecule has 1 aliphatic heterocycles. The van der Waals surface area contributed by atoms with Gasteiger partial charge >= 0.3 is 0 Å². The highest BCUT2D eigenvalue weighted by molar-refractivity contribution is 5.77. The van der Waals surface area contributed by atoms with Gasteiger partial charge in [-0.15, -0.1) is 5.92 Å². The number of nitrogens with zero attached hydrogens (tertiary/aromatic N) is 1. The average molecular weight is 221 g/mol. The number of carbonyl (C=O) groups excluding carboxylic acids is 1. The van der Waals surface area contributed by atoms with Crippen molar-refractivity contribution in [2.45, 2.75) is 53.0 Å². The standard InChI is InChI=1S/C14H23NO/c1-5-12(4)15-10-13(7-6-11(2)3)8-9-14(15)16/h11-13H,5,8-10H2,1-4H3. The van der Waals surface area contributed by atoms with Crippen molar-refractivity contribution in [1.29, 1.82) is 0 Å². The molecule has 1 amide bonds. The molecule has 1 fully saturated rings. The van der Waals surface area contributed by atoms with Gasteiger partial charge in [-0.05, 0) is 19.8 Å². The van der Waals surface area contributed by atoms with Crippen LogP contribution < -0.4 is 0 Å². The van der Waals surface area contributed by atoms with Gasteiger partial charge in [0.05, 0.1) is 0 Å². The first-order chi connectivity index (χ1) is 7.54. The summed E-state index contributed by atoms with van der Waals surface area (Å²) in [5.41, 5.74) is 0. The van der Waals surface area contributed by atoms with E-state index >= 15 is 0 Å². The third-order valence-electron chi connectivity index (χ3n) is 3.14. The number of rotatable bonds is 2. The van der Waals surface area contributed by atoms with Crippen molar-refractivity contribution in [2.24, 2.45) is 11.8 Å². The van der Waals surface area contributed by atoms with E-state index in [-0.39, 0.29) is 0 Å². The lowest BCUT2D eigenvalue weighted by Crippen LogP contribution is -2.44. The van der Waals surface area contributed by atoms with Gasteiger partial charge in [-0.2, -0.15) is 0 Å². The Labute approximate surface area is 99.4 Å². The van der Waals surface area contributed by atoms with Gasteiger partial charge in [-0.3, -0.25) is 4.79 Å². The fourth-order valence-corrected chi connectivity index (χ4v) is 1.92. The van der Waals surface area contributed by atoms with Gasteiger partial charge in [0.25, 0.3) is 0 Å². The Kier molecular flexibility index (Phi) is 4.86. The summed E-state index contributed by atoms with van der Waals surface area (Å²) in [4.78, 5) is 13.8. The van der Waals surface area contributed by atoms with Crippen LogP contribution in [-0.4, -0.2) is 23.4 Å². The molecule has 0 aliphatic carbocycles. The number of hydrogen-bond acceptors (Lipinski definition) is 1. The second-order valence-electron chi connectivity index (χ2n) is 4.98. The summed E-state index contributed by atoms with van der Waals surface area (Å²) in [5.74, 6) is 7.64. The molecule has 0 bridgehead atoms. The van der Waals surface area contributed by atoms with Crippen LogP contribution >= 0.6 is 0 Å². The quantitative estimate of drug-likeness (QED) is 0.656. The van der Waals surface area contributed by atoms with E-state index in [1.165, 1.54) is 0 Å². The Morgan fingerprint density at radius 3 is 2.69 bits per heavy atom. The molecule has 0 saturated carbocycles. The molecule has 16 heavy (non-hydrogen) atoms. The van der Waals surface area contributed by atoms with Gasteiger partial charge in [0.2, 0.25) is 5.91 Å². The summed E-state index contributed by atoms with van der Waals surface area (Å²) < 4.78 is 0. The largest absolute Gasteiger partial charge is 0.339 e. The predicted octanol–water partition coefficient (Wildman–Crippen LogP) is 2.68. The Hall–Kier alpha value is -0.970. The maximum Gasteiger partial charge on any atom is 0.222 e. The molecule has 2 nitrogen and oxygen atoms in total. The maximum atomic E-state index is 11.8. The highest BCUT2D eigenvalue weighted by Gasteiger charge is 2.27. The zero-order chi connectivity index (χ0) is 12.1. The normalized spacial score (nSPS) is 22.9. The van der Waals surface area contributed by atoms with E-state index < -0.39 is 0 Å². The highest BCUT2D eigenvalue weighted by Crippen LogP contribution is 2.20. The van der Waals surface area contributed by atoms with Crippen LogP contribution in [0.1, 0.15) is 47.0 Å². The molecular weight excluding hydrogens is 198 g/mol. The molecule has 1 heterocycles. The summed E-state index contributed by atoms with van der Waals surface area (Å²) in [6.07, 6.45) is 2.63. The molecule has 0 radical (unpaired) electrons. The van der Waals surface area contributed by atoms with Crippen LogP contribution in [0.2, 0.25) is 0 Å². The summed E-state index contributed by atoms with van der Waals surface area (Å²) in [5, 5.41) is 0. The molecule has 0 aromatic carbocycles. The summed E-state index contributed by atoms with van der Waals surface area (Å²) in [7, 11) is 0. The molecule has 1 aliphatic rings. The molecule has 2 unspecified atom stereocenters. The van der Waals surface area contributed by atoms with Crippen molar-refractivity contribution in [3.63, 3.8) is 0 Å². The zero-order valence-electron chi connectivity index (χ0n) is 10.9. The second kappa shape index (κ2) is 5.94. The molecule has 1 saturated heterocycles. The molecule has 2 atom stereocenters. The summed E-state index contributed by atoms with van der Waals surface area (Å²) >= 11 is 0. The van der Waals surface area contributed by atoms with Crippen molar-refractivity contribution in [1.82, 2.24) is 4.90 Å². The monoisotopic (exact) mass is 221 g/mol. The van der Waals surface area contributed by atoms with E-state index in [4.69, 9.17) is 0 Å². The third kappa shape index (κ3) is 3.56. The van der Waals surface area contributed by atoms with Crippen molar-refractivity contribution in [3.8, 4) is 11.8 Å². The minimum absolute atomic E-state index is 0.303. The molecule has 0 aromatic heterocycles. The van der Waals surface area contributed by atoms with Gasteiger partial charge in [0.15, 0.2) is 0 Å². The Morgan fingerprint density at radius 2 is 2.12 bits per heavy atom. The van der Waals surface area contributed by atoms with E-state index in [2.05, 4.69) is 39.5 Å². The van der Waals surface area contributed by atoms with Crippen molar-refractivity contribution in [3.05, 3.63) is 0 Å². The fraction of sp³-hybridized carbons (Fsp3) is 0.786. The van der Waals surface area contributed by atoms with Crippen LogP contribution in [0, 0.1) is 23.7 Å². The first-order valence-corrected chi connectivity index (χ1v) is 6.35. The number of hydrogen-bond donors (Lipinski definition) is 0. The van der Waals surface area contributed by atoms with Gasteiger partial charge in [-0.25, -0.2) is 0 Å². The second-order valence-corrected chi connectivity index (χ2v) is 4.98. The lowest BCUT2D eigenvalue weighted by molar-refractivity contribution is -0.136. The number of carbonyl (C=O) groups is 1. The van der Waals surface area contributed by atoms with Gasteiger partial charge in [-0.1, -0.05) is 26.7 Å². The molecule has 0 N–H and O–H groups in total. The summed E-state index contributed by atoms with van der Waals surface area (Å²) in [6, 6.07) is 0.358. The Bertz CT molecular complexity index is 298. The van der Waals surface area contributed by atoms with Gasteiger partial charge in [0, 0.05) is 30.8 Å². The van der Waals surface area contributed by atoms with Crippen molar-refractivity contribution in [2.75, 3.05) is 6.54 Å². The Morgan fingerprint density at radius 1 is 1.44 bits per heavy atom. The lowest BCUT2D eigenvalue weighted by atomic mass is 9.96. The minimum atomic E-state index is 0.303. The SMILES string of the molecule is CCC(C)N1CC(C#CC(C)C)CCC1=O. The minimum Gasteiger partial charge on any atom is -0.339 e. The molecule has 2 heteroatoms. The molecule has 1 rings (SSSR count). The first kappa shape index (κ1) is 13.1. The van der Waals surface area contributed by atoms with Crippen LogP contribution in [0.5, 0.6) is 0 Å². The van der Waals surface area contributed by atoms with Crippen LogP contribution in [0.3, 0.4) is 0 Å². The van der Waals surface area contributed by atoms with Crippen LogP contribution in [0.15, 0.2) is 0 Å². The topological polar surface area (TPSA) is 20.3 Å². The van der Waals surface area contributed by atoms with E-state index in [0.717, 1.165) is 19.4 Å². The third-order valence-corrected chi connectivity index (χ3v) is 3.14. The van der Waals surface area contributed by atoms with E-state index in [1.54, 1.807) is 0 Å². The molecular formula is C14H23NO. The van der Waals surface area contributed by atoms with Crippen molar-refractivity contribution < 1.29 is 4.79 Å². The predicted molar refractivity (Wildman–Crippen MR) is 66.8 cm³/mol.